The van der Waals surface area contributed by atoms with Crippen molar-refractivity contribution in [2.24, 2.45) is 5.73 Å². The lowest BCUT2D eigenvalue weighted by Crippen LogP contribution is -2.45. The maximum absolute atomic E-state index is 12.8. The Morgan fingerprint density at radius 3 is 2.83 bits per heavy atom. The number of hydrogen-bond acceptors (Lipinski definition) is 4. The number of halogens is 1. The predicted octanol–water partition coefficient (Wildman–Crippen LogP) is 2.56. The number of likely N-dealkylation sites (tertiary alicyclic amines) is 1. The Morgan fingerprint density at radius 2 is 2.09 bits per heavy atom. The fourth-order valence-corrected chi connectivity index (χ4v) is 2.61. The number of nitrogens with zero attached hydrogens (tertiary/aromatic N) is 1. The van der Waals surface area contributed by atoms with E-state index < -0.39 is 0 Å². The quantitative estimate of drug-likeness (QED) is 0.940. The summed E-state index contributed by atoms with van der Waals surface area (Å²) in [6.07, 6.45) is 1.85. The van der Waals surface area contributed by atoms with Crippen molar-refractivity contribution in [2.45, 2.75) is 25.5 Å². The number of benzene rings is 1. The van der Waals surface area contributed by atoms with Gasteiger partial charge in [-0.25, -0.2) is 4.39 Å². The van der Waals surface area contributed by atoms with Crippen LogP contribution in [0.2, 0.25) is 0 Å². The number of carbonyl (C=O) groups excluding carboxylic acids is 1. The molecule has 1 atom stereocenters. The van der Waals surface area contributed by atoms with Crippen molar-refractivity contribution < 1.29 is 18.3 Å². The Hall–Kier alpha value is -2.34. The van der Waals surface area contributed by atoms with Crippen molar-refractivity contribution in [3.05, 3.63) is 53.7 Å². The van der Waals surface area contributed by atoms with Gasteiger partial charge in [-0.2, -0.15) is 0 Å². The smallest absolute Gasteiger partial charge is 0.289 e. The number of ether oxygens (including phenoxy) is 1. The molecule has 2 N–H and O–H groups in total. The highest BCUT2D eigenvalue weighted by Crippen LogP contribution is 2.17. The van der Waals surface area contributed by atoms with Crippen LogP contribution in [0, 0.1) is 5.82 Å². The average molecular weight is 318 g/mol. The Kier molecular flexibility index (Phi) is 4.62. The van der Waals surface area contributed by atoms with Crippen molar-refractivity contribution in [2.75, 3.05) is 13.1 Å². The summed E-state index contributed by atoms with van der Waals surface area (Å²) in [6.45, 7) is 1.44. The molecule has 1 aromatic carbocycles. The second-order valence-electron chi connectivity index (χ2n) is 5.66. The summed E-state index contributed by atoms with van der Waals surface area (Å²) in [5.74, 6) is 0.907. The second-order valence-corrected chi connectivity index (χ2v) is 5.66. The highest BCUT2D eigenvalue weighted by atomic mass is 19.1. The van der Waals surface area contributed by atoms with Crippen LogP contribution in [-0.2, 0) is 6.61 Å². The molecular weight excluding hydrogens is 299 g/mol. The van der Waals surface area contributed by atoms with Crippen molar-refractivity contribution in [3.63, 3.8) is 0 Å². The Labute approximate surface area is 133 Å². The molecule has 3 rings (SSSR count). The van der Waals surface area contributed by atoms with Crippen LogP contribution in [0.25, 0.3) is 0 Å². The first kappa shape index (κ1) is 15.6. The zero-order valence-electron chi connectivity index (χ0n) is 12.7. The molecule has 0 bridgehead atoms. The summed E-state index contributed by atoms with van der Waals surface area (Å²) in [7, 11) is 0. The number of hydrogen-bond donors (Lipinski definition) is 1. The molecule has 2 heterocycles. The van der Waals surface area contributed by atoms with Gasteiger partial charge in [0.05, 0.1) is 0 Å². The predicted molar refractivity (Wildman–Crippen MR) is 82.6 cm³/mol. The van der Waals surface area contributed by atoms with Gasteiger partial charge in [0.1, 0.15) is 23.9 Å². The van der Waals surface area contributed by atoms with Crippen LogP contribution in [0.5, 0.6) is 5.75 Å². The third kappa shape index (κ3) is 3.90. The molecule has 1 aliphatic rings. The monoisotopic (exact) mass is 318 g/mol. The highest BCUT2D eigenvalue weighted by Gasteiger charge is 2.24. The third-order valence-electron chi connectivity index (χ3n) is 3.81. The second kappa shape index (κ2) is 6.83. The van der Waals surface area contributed by atoms with E-state index in [-0.39, 0.29) is 30.1 Å². The van der Waals surface area contributed by atoms with Crippen LogP contribution < -0.4 is 10.5 Å². The molecule has 5 nitrogen and oxygen atoms in total. The fourth-order valence-electron chi connectivity index (χ4n) is 2.61. The van der Waals surface area contributed by atoms with Gasteiger partial charge in [-0.1, -0.05) is 0 Å². The molecule has 122 valence electrons. The summed E-state index contributed by atoms with van der Waals surface area (Å²) < 4.78 is 23.9. The van der Waals surface area contributed by atoms with E-state index in [0.29, 0.717) is 24.6 Å². The molecule has 2 aromatic rings. The topological polar surface area (TPSA) is 68.7 Å². The summed E-state index contributed by atoms with van der Waals surface area (Å²) >= 11 is 0. The summed E-state index contributed by atoms with van der Waals surface area (Å²) in [4.78, 5) is 14.1. The average Bonchev–Trinajstić information content (AvgIpc) is 3.02. The van der Waals surface area contributed by atoms with Crippen LogP contribution in [0.15, 0.2) is 40.8 Å². The standard InChI is InChI=1S/C17H19FN2O3/c18-12-3-5-14(6-4-12)22-11-15-7-8-16(23-15)17(21)20-9-1-2-13(19)10-20/h3-8,13H,1-2,9-11,19H2/t13-/m0/s1. The molecule has 1 saturated heterocycles. The minimum Gasteiger partial charge on any atom is -0.486 e. The van der Waals surface area contributed by atoms with Gasteiger partial charge in [-0.3, -0.25) is 4.79 Å². The van der Waals surface area contributed by atoms with E-state index in [9.17, 15) is 9.18 Å². The van der Waals surface area contributed by atoms with E-state index in [1.54, 1.807) is 29.2 Å². The van der Waals surface area contributed by atoms with Crippen LogP contribution >= 0.6 is 0 Å². The van der Waals surface area contributed by atoms with Gasteiger partial charge < -0.3 is 19.8 Å². The van der Waals surface area contributed by atoms with E-state index in [0.717, 1.165) is 12.8 Å². The third-order valence-corrected chi connectivity index (χ3v) is 3.81. The van der Waals surface area contributed by atoms with Crippen molar-refractivity contribution in [1.82, 2.24) is 4.90 Å². The first-order chi connectivity index (χ1) is 11.1. The lowest BCUT2D eigenvalue weighted by atomic mass is 10.1. The maximum atomic E-state index is 12.8. The van der Waals surface area contributed by atoms with E-state index in [1.165, 1.54) is 12.1 Å². The van der Waals surface area contributed by atoms with Crippen molar-refractivity contribution >= 4 is 5.91 Å². The maximum Gasteiger partial charge on any atom is 0.289 e. The van der Waals surface area contributed by atoms with E-state index >= 15 is 0 Å². The van der Waals surface area contributed by atoms with E-state index in [2.05, 4.69) is 0 Å². The number of amides is 1. The van der Waals surface area contributed by atoms with Crippen LogP contribution in [-0.4, -0.2) is 29.9 Å². The molecule has 1 aliphatic heterocycles. The summed E-state index contributed by atoms with van der Waals surface area (Å²) in [5, 5.41) is 0. The van der Waals surface area contributed by atoms with Gasteiger partial charge in [0.15, 0.2) is 5.76 Å². The molecule has 0 spiro atoms. The van der Waals surface area contributed by atoms with Gasteiger partial charge in [0.2, 0.25) is 0 Å². The van der Waals surface area contributed by atoms with Gasteiger partial charge >= 0.3 is 0 Å². The number of carbonyl (C=O) groups is 1. The Bertz CT molecular complexity index is 669. The molecule has 6 heteroatoms. The summed E-state index contributed by atoms with van der Waals surface area (Å²) in [5.41, 5.74) is 5.90. The first-order valence-corrected chi connectivity index (χ1v) is 7.64. The molecular formula is C17H19FN2O3. The van der Waals surface area contributed by atoms with E-state index in [1.807, 2.05) is 0 Å². The first-order valence-electron chi connectivity index (χ1n) is 7.64. The van der Waals surface area contributed by atoms with Crippen LogP contribution in [0.3, 0.4) is 0 Å². The zero-order chi connectivity index (χ0) is 16.2. The fraction of sp³-hybridized carbons (Fsp3) is 0.353. The SMILES string of the molecule is N[C@H]1CCCN(C(=O)c2ccc(COc3ccc(F)cc3)o2)C1. The molecule has 0 aliphatic carbocycles. The number of piperidine rings is 1. The minimum atomic E-state index is -0.317. The normalized spacial score (nSPS) is 18.0. The van der Waals surface area contributed by atoms with Gasteiger partial charge in [-0.05, 0) is 49.2 Å². The Balaban J connectivity index is 1.59. The number of nitrogens with two attached hydrogens (primary N) is 1. The lowest BCUT2D eigenvalue weighted by Gasteiger charge is -2.30. The molecule has 23 heavy (non-hydrogen) atoms. The highest BCUT2D eigenvalue weighted by molar-refractivity contribution is 5.91. The molecule has 1 amide bonds. The van der Waals surface area contributed by atoms with E-state index in [4.69, 9.17) is 14.9 Å². The Morgan fingerprint density at radius 1 is 1.30 bits per heavy atom. The minimum absolute atomic E-state index is 0.0314. The molecule has 1 aromatic heterocycles. The van der Waals surface area contributed by atoms with Crippen LogP contribution in [0.4, 0.5) is 4.39 Å². The van der Waals surface area contributed by atoms with Gasteiger partial charge in [-0.15, -0.1) is 0 Å². The van der Waals surface area contributed by atoms with Gasteiger partial charge in [0.25, 0.3) is 5.91 Å². The van der Waals surface area contributed by atoms with Gasteiger partial charge in [0, 0.05) is 19.1 Å². The summed E-state index contributed by atoms with van der Waals surface area (Å²) in [6, 6.07) is 9.12. The van der Waals surface area contributed by atoms with Crippen molar-refractivity contribution in [1.29, 1.82) is 0 Å². The number of furan rings is 1. The number of rotatable bonds is 4. The molecule has 0 saturated carbocycles. The molecule has 1 fully saturated rings. The lowest BCUT2D eigenvalue weighted by molar-refractivity contribution is 0.0672. The van der Waals surface area contributed by atoms with Crippen molar-refractivity contribution in [3.8, 4) is 5.75 Å². The zero-order valence-corrected chi connectivity index (χ0v) is 12.7. The largest absolute Gasteiger partial charge is 0.486 e. The molecule has 0 unspecified atom stereocenters. The van der Waals surface area contributed by atoms with Crippen LogP contribution in [0.1, 0.15) is 29.2 Å². The molecule has 0 radical (unpaired) electrons.